The molecule has 18 heavy (non-hydrogen) atoms. The normalized spacial score (nSPS) is 23.6. The van der Waals surface area contributed by atoms with Crippen molar-refractivity contribution in [3.8, 4) is 0 Å². The third-order valence-corrected chi connectivity index (χ3v) is 3.87. The Labute approximate surface area is 112 Å². The van der Waals surface area contributed by atoms with Crippen LogP contribution in [0.2, 0.25) is 0 Å². The van der Waals surface area contributed by atoms with Crippen molar-refractivity contribution in [1.82, 2.24) is 5.32 Å². The molecule has 104 valence electrons. The van der Waals surface area contributed by atoms with E-state index >= 15 is 0 Å². The predicted molar refractivity (Wildman–Crippen MR) is 70.6 cm³/mol. The van der Waals surface area contributed by atoms with E-state index in [1.807, 2.05) is 20.8 Å². The van der Waals surface area contributed by atoms with Gasteiger partial charge in [-0.2, -0.15) is 11.8 Å². The van der Waals surface area contributed by atoms with Crippen molar-refractivity contribution in [2.45, 2.75) is 26.4 Å². The summed E-state index contributed by atoms with van der Waals surface area (Å²) in [7, 11) is 1.39. The fourth-order valence-electron chi connectivity index (χ4n) is 1.74. The second kappa shape index (κ2) is 6.31. The number of hydrogen-bond donors (Lipinski definition) is 1. The summed E-state index contributed by atoms with van der Waals surface area (Å²) in [6, 6.07) is 0. The molecule has 1 saturated heterocycles. The monoisotopic (exact) mass is 275 g/mol. The number of rotatable bonds is 3. The minimum atomic E-state index is -0.504. The Bertz CT molecular complexity index is 314. The largest absolute Gasteiger partial charge is 0.469 e. The summed E-state index contributed by atoms with van der Waals surface area (Å²) in [4.78, 5) is 23.0. The molecule has 2 atom stereocenters. The first-order chi connectivity index (χ1) is 8.33. The van der Waals surface area contributed by atoms with Gasteiger partial charge in [-0.1, -0.05) is 0 Å². The van der Waals surface area contributed by atoms with E-state index in [0.717, 1.165) is 11.5 Å². The summed E-state index contributed by atoms with van der Waals surface area (Å²) in [5.41, 5.74) is -0.504. The van der Waals surface area contributed by atoms with Gasteiger partial charge in [0.1, 0.15) is 5.60 Å². The van der Waals surface area contributed by atoms with Crippen LogP contribution in [0.25, 0.3) is 0 Å². The average Bonchev–Trinajstić information content (AvgIpc) is 2.71. The Morgan fingerprint density at radius 2 is 2.00 bits per heavy atom. The molecule has 0 aromatic rings. The molecule has 1 rings (SSSR count). The molecule has 0 spiro atoms. The van der Waals surface area contributed by atoms with Crippen molar-refractivity contribution >= 4 is 23.8 Å². The maximum Gasteiger partial charge on any atom is 0.407 e. The van der Waals surface area contributed by atoms with Crippen molar-refractivity contribution in [1.29, 1.82) is 0 Å². The summed E-state index contributed by atoms with van der Waals surface area (Å²) in [6.07, 6.45) is -0.442. The van der Waals surface area contributed by atoms with E-state index in [1.54, 1.807) is 11.8 Å². The third-order valence-electron chi connectivity index (χ3n) is 2.61. The lowest BCUT2D eigenvalue weighted by molar-refractivity contribution is -0.145. The van der Waals surface area contributed by atoms with Crippen LogP contribution in [-0.2, 0) is 14.3 Å². The molecule has 6 heteroatoms. The second-order valence-corrected chi connectivity index (χ2v) is 6.38. The maximum atomic E-state index is 11.5. The van der Waals surface area contributed by atoms with Gasteiger partial charge in [0.05, 0.1) is 13.0 Å². The van der Waals surface area contributed by atoms with E-state index < -0.39 is 11.7 Å². The van der Waals surface area contributed by atoms with Gasteiger partial charge in [0.2, 0.25) is 0 Å². The van der Waals surface area contributed by atoms with Gasteiger partial charge < -0.3 is 14.8 Å². The summed E-state index contributed by atoms with van der Waals surface area (Å²) in [5.74, 6) is 1.41. The highest BCUT2D eigenvalue weighted by Gasteiger charge is 2.34. The van der Waals surface area contributed by atoms with Crippen molar-refractivity contribution in [3.63, 3.8) is 0 Å². The fourth-order valence-corrected chi connectivity index (χ4v) is 3.19. The first-order valence-electron chi connectivity index (χ1n) is 5.96. The SMILES string of the molecule is COC(=O)[C@@H]1CSC[C@H]1CNC(=O)OC(C)(C)C. The molecule has 1 aliphatic rings. The molecule has 1 heterocycles. The number of esters is 1. The highest BCUT2D eigenvalue weighted by Crippen LogP contribution is 2.30. The first-order valence-corrected chi connectivity index (χ1v) is 7.11. The molecule has 0 radical (unpaired) electrons. The smallest absolute Gasteiger partial charge is 0.407 e. The van der Waals surface area contributed by atoms with Gasteiger partial charge in [0.25, 0.3) is 0 Å². The quantitative estimate of drug-likeness (QED) is 0.794. The number of methoxy groups -OCH3 is 1. The Morgan fingerprint density at radius 1 is 1.33 bits per heavy atom. The van der Waals surface area contributed by atoms with E-state index in [4.69, 9.17) is 9.47 Å². The number of carbonyl (C=O) groups is 2. The average molecular weight is 275 g/mol. The maximum absolute atomic E-state index is 11.5. The lowest BCUT2D eigenvalue weighted by atomic mass is 9.96. The lowest BCUT2D eigenvalue weighted by Crippen LogP contribution is -2.38. The molecule has 0 bridgehead atoms. The van der Waals surface area contributed by atoms with Gasteiger partial charge in [0, 0.05) is 12.3 Å². The number of nitrogens with one attached hydrogen (secondary N) is 1. The van der Waals surface area contributed by atoms with Crippen LogP contribution in [0.3, 0.4) is 0 Å². The molecular weight excluding hydrogens is 254 g/mol. The zero-order chi connectivity index (χ0) is 13.8. The highest BCUT2D eigenvalue weighted by atomic mass is 32.2. The van der Waals surface area contributed by atoms with Crippen LogP contribution in [0, 0.1) is 11.8 Å². The Hall–Kier alpha value is -0.910. The molecule has 0 saturated carbocycles. The van der Waals surface area contributed by atoms with E-state index in [9.17, 15) is 9.59 Å². The van der Waals surface area contributed by atoms with Crippen LogP contribution in [-0.4, -0.2) is 42.8 Å². The van der Waals surface area contributed by atoms with E-state index in [2.05, 4.69) is 5.32 Å². The molecule has 0 aromatic heterocycles. The van der Waals surface area contributed by atoms with Gasteiger partial charge in [0.15, 0.2) is 0 Å². The van der Waals surface area contributed by atoms with Crippen molar-refractivity contribution in [3.05, 3.63) is 0 Å². The molecule has 0 aromatic carbocycles. The Balaban J connectivity index is 2.38. The molecule has 1 N–H and O–H groups in total. The standard InChI is InChI=1S/C12H21NO4S/c1-12(2,3)17-11(15)13-5-8-6-18-7-9(8)10(14)16-4/h8-9H,5-7H2,1-4H3,(H,13,15)/t8-,9-/m1/s1. The number of thioether (sulfide) groups is 1. The van der Waals surface area contributed by atoms with Crippen LogP contribution < -0.4 is 5.32 Å². The number of alkyl carbamates (subject to hydrolysis) is 1. The lowest BCUT2D eigenvalue weighted by Gasteiger charge is -2.21. The molecule has 0 unspecified atom stereocenters. The second-order valence-electron chi connectivity index (χ2n) is 5.31. The first kappa shape index (κ1) is 15.1. The number of carbonyl (C=O) groups excluding carboxylic acids is 2. The molecule has 1 aliphatic heterocycles. The summed E-state index contributed by atoms with van der Waals surface area (Å²) in [5, 5.41) is 2.71. The van der Waals surface area contributed by atoms with Crippen LogP contribution in [0.1, 0.15) is 20.8 Å². The number of ether oxygens (including phenoxy) is 2. The summed E-state index contributed by atoms with van der Waals surface area (Å²) in [6.45, 7) is 5.89. The number of hydrogen-bond acceptors (Lipinski definition) is 5. The van der Waals surface area contributed by atoms with Gasteiger partial charge >= 0.3 is 12.1 Å². The number of amides is 1. The van der Waals surface area contributed by atoms with Gasteiger partial charge in [-0.05, 0) is 32.4 Å². The third kappa shape index (κ3) is 4.76. The van der Waals surface area contributed by atoms with E-state index in [-0.39, 0.29) is 17.8 Å². The van der Waals surface area contributed by atoms with Gasteiger partial charge in [-0.25, -0.2) is 4.79 Å². The van der Waals surface area contributed by atoms with Crippen molar-refractivity contribution in [2.24, 2.45) is 11.8 Å². The zero-order valence-electron chi connectivity index (χ0n) is 11.3. The molecule has 1 fully saturated rings. The highest BCUT2D eigenvalue weighted by molar-refractivity contribution is 7.99. The minimum absolute atomic E-state index is 0.120. The summed E-state index contributed by atoms with van der Waals surface area (Å²) < 4.78 is 9.90. The van der Waals surface area contributed by atoms with Crippen molar-refractivity contribution in [2.75, 3.05) is 25.2 Å². The van der Waals surface area contributed by atoms with Crippen LogP contribution in [0.5, 0.6) is 0 Å². The van der Waals surface area contributed by atoms with Gasteiger partial charge in [-0.15, -0.1) is 0 Å². The van der Waals surface area contributed by atoms with Crippen molar-refractivity contribution < 1.29 is 19.1 Å². The predicted octanol–water partition coefficient (Wildman–Crippen LogP) is 1.66. The van der Waals surface area contributed by atoms with E-state index in [0.29, 0.717) is 6.54 Å². The minimum Gasteiger partial charge on any atom is -0.469 e. The topological polar surface area (TPSA) is 64.6 Å². The zero-order valence-corrected chi connectivity index (χ0v) is 12.1. The molecule has 0 aliphatic carbocycles. The molecular formula is C12H21NO4S. The van der Waals surface area contributed by atoms with Crippen LogP contribution >= 0.6 is 11.8 Å². The summed E-state index contributed by atoms with van der Waals surface area (Å²) >= 11 is 1.71. The van der Waals surface area contributed by atoms with Crippen LogP contribution in [0.15, 0.2) is 0 Å². The fraction of sp³-hybridized carbons (Fsp3) is 0.833. The van der Waals surface area contributed by atoms with E-state index in [1.165, 1.54) is 7.11 Å². The van der Waals surface area contributed by atoms with Crippen LogP contribution in [0.4, 0.5) is 4.79 Å². The molecule has 5 nitrogen and oxygen atoms in total. The molecule has 1 amide bonds. The Kier molecular flexibility index (Phi) is 5.31. The Morgan fingerprint density at radius 3 is 2.56 bits per heavy atom. The van der Waals surface area contributed by atoms with Gasteiger partial charge in [-0.3, -0.25) is 4.79 Å².